The van der Waals surface area contributed by atoms with E-state index in [-0.39, 0.29) is 28.8 Å². The van der Waals surface area contributed by atoms with E-state index in [1.54, 1.807) is 52.1 Å². The van der Waals surface area contributed by atoms with Crippen LogP contribution >= 0.6 is 11.8 Å². The maximum Gasteiger partial charge on any atom is 0.446 e. The van der Waals surface area contributed by atoms with Gasteiger partial charge in [-0.1, -0.05) is 24.3 Å². The van der Waals surface area contributed by atoms with Crippen molar-refractivity contribution in [1.82, 2.24) is 4.90 Å². The molecule has 5 nitrogen and oxygen atoms in total. The molecule has 0 unspecified atom stereocenters. The lowest BCUT2D eigenvalue weighted by atomic mass is 10.1. The summed E-state index contributed by atoms with van der Waals surface area (Å²) < 4.78 is 43.5. The first-order valence-corrected chi connectivity index (χ1v) is 9.85. The van der Waals surface area contributed by atoms with Crippen molar-refractivity contribution in [2.45, 2.75) is 43.3 Å². The maximum atomic E-state index is 12.7. The van der Waals surface area contributed by atoms with Gasteiger partial charge in [0, 0.05) is 24.2 Å². The predicted octanol–water partition coefficient (Wildman–Crippen LogP) is 5.92. The van der Waals surface area contributed by atoms with E-state index in [2.05, 4.69) is 5.32 Å². The van der Waals surface area contributed by atoms with Gasteiger partial charge in [0.2, 0.25) is 0 Å². The lowest BCUT2D eigenvalue weighted by Crippen LogP contribution is -2.33. The van der Waals surface area contributed by atoms with E-state index < -0.39 is 23.1 Å². The molecule has 2 aromatic carbocycles. The van der Waals surface area contributed by atoms with Crippen LogP contribution in [0.15, 0.2) is 53.4 Å². The molecule has 0 radical (unpaired) electrons. The number of anilines is 1. The average molecular weight is 440 g/mol. The number of amides is 2. The summed E-state index contributed by atoms with van der Waals surface area (Å²) in [7, 11) is 1.59. The number of nitrogens with zero attached hydrogens (tertiary/aromatic N) is 1. The average Bonchev–Trinajstić information content (AvgIpc) is 2.59. The Labute approximate surface area is 177 Å². The number of ether oxygens (including phenoxy) is 1. The van der Waals surface area contributed by atoms with Crippen molar-refractivity contribution in [3.63, 3.8) is 0 Å². The zero-order valence-electron chi connectivity index (χ0n) is 17.0. The molecule has 0 aliphatic heterocycles. The highest BCUT2D eigenvalue weighted by molar-refractivity contribution is 8.00. The second-order valence-electron chi connectivity index (χ2n) is 7.53. The summed E-state index contributed by atoms with van der Waals surface area (Å²) in [6, 6.07) is 12.3. The van der Waals surface area contributed by atoms with Crippen molar-refractivity contribution in [1.29, 1.82) is 0 Å². The highest BCUT2D eigenvalue weighted by Crippen LogP contribution is 2.38. The first kappa shape index (κ1) is 23.6. The monoisotopic (exact) mass is 440 g/mol. The first-order valence-electron chi connectivity index (χ1n) is 9.03. The number of thioether (sulfide) groups is 1. The third kappa shape index (κ3) is 7.62. The minimum Gasteiger partial charge on any atom is -0.444 e. The quantitative estimate of drug-likeness (QED) is 0.587. The molecule has 30 heavy (non-hydrogen) atoms. The van der Waals surface area contributed by atoms with Crippen LogP contribution in [0.4, 0.5) is 23.7 Å². The first-order chi connectivity index (χ1) is 13.8. The number of hydrogen-bond acceptors (Lipinski definition) is 4. The molecule has 9 heteroatoms. The van der Waals surface area contributed by atoms with Gasteiger partial charge in [0.05, 0.1) is 5.56 Å². The molecule has 0 spiro atoms. The smallest absolute Gasteiger partial charge is 0.444 e. The molecule has 162 valence electrons. The third-order valence-electron chi connectivity index (χ3n) is 3.67. The van der Waals surface area contributed by atoms with E-state index in [0.717, 1.165) is 5.56 Å². The number of nitrogens with one attached hydrogen (secondary N) is 1. The Bertz CT molecular complexity index is 911. The van der Waals surface area contributed by atoms with Crippen LogP contribution in [0, 0.1) is 0 Å². The van der Waals surface area contributed by atoms with E-state index in [1.165, 1.54) is 29.2 Å². The van der Waals surface area contributed by atoms with Crippen LogP contribution < -0.4 is 5.32 Å². The second-order valence-corrected chi connectivity index (χ2v) is 8.64. The maximum absolute atomic E-state index is 12.7. The van der Waals surface area contributed by atoms with E-state index in [4.69, 9.17) is 4.74 Å². The van der Waals surface area contributed by atoms with Gasteiger partial charge in [0.15, 0.2) is 0 Å². The summed E-state index contributed by atoms with van der Waals surface area (Å²) in [5.41, 5.74) is -4.07. The molecule has 2 rings (SSSR count). The van der Waals surface area contributed by atoms with Crippen molar-refractivity contribution >= 4 is 29.4 Å². The van der Waals surface area contributed by atoms with Gasteiger partial charge >= 0.3 is 11.6 Å². The van der Waals surface area contributed by atoms with Gasteiger partial charge in [-0.2, -0.15) is 13.2 Å². The summed E-state index contributed by atoms with van der Waals surface area (Å²) in [5.74, 6) is -0.653. The number of halogens is 3. The van der Waals surface area contributed by atoms with Crippen LogP contribution in [0.3, 0.4) is 0 Å². The van der Waals surface area contributed by atoms with Crippen molar-refractivity contribution < 1.29 is 27.5 Å². The van der Waals surface area contributed by atoms with Gasteiger partial charge in [-0.3, -0.25) is 4.79 Å². The minimum absolute atomic E-state index is 0.0731. The molecule has 0 fully saturated rings. The second kappa shape index (κ2) is 9.42. The van der Waals surface area contributed by atoms with Crippen LogP contribution in [0.1, 0.15) is 36.7 Å². The zero-order chi connectivity index (χ0) is 22.5. The zero-order valence-corrected chi connectivity index (χ0v) is 17.9. The summed E-state index contributed by atoms with van der Waals surface area (Å²) in [6.07, 6.45) is -0.491. The van der Waals surface area contributed by atoms with Gasteiger partial charge in [-0.25, -0.2) is 4.79 Å². The molecule has 0 saturated heterocycles. The number of alkyl halides is 3. The molecule has 0 atom stereocenters. The van der Waals surface area contributed by atoms with Gasteiger partial charge in [-0.05, 0) is 62.4 Å². The fraction of sp³-hybridized carbons (Fsp3) is 0.333. The number of carbonyl (C=O) groups is 2. The molecule has 0 bridgehead atoms. The normalized spacial score (nSPS) is 11.7. The Morgan fingerprint density at radius 1 is 1.07 bits per heavy atom. The Hall–Kier alpha value is -2.68. The number of benzene rings is 2. The highest BCUT2D eigenvalue weighted by atomic mass is 32.2. The summed E-state index contributed by atoms with van der Waals surface area (Å²) in [4.78, 5) is 25.9. The Kier molecular flexibility index (Phi) is 7.41. The fourth-order valence-corrected chi connectivity index (χ4v) is 3.16. The largest absolute Gasteiger partial charge is 0.446 e. The molecule has 1 N–H and O–H groups in total. The van der Waals surface area contributed by atoms with Crippen LogP contribution in [-0.2, 0) is 11.3 Å². The number of rotatable bonds is 5. The highest BCUT2D eigenvalue weighted by Gasteiger charge is 2.31. The van der Waals surface area contributed by atoms with Gasteiger partial charge in [-0.15, -0.1) is 0 Å². The standard InChI is InChI=1S/C21H23F3N2O3S/c1-20(2,3)29-19(28)26(4)13-14-8-7-9-15(12-14)25-18(27)16-10-5-6-11-17(16)30-21(22,23)24/h5-12H,13H2,1-4H3,(H,25,27). The van der Waals surface area contributed by atoms with Gasteiger partial charge in [0.25, 0.3) is 5.91 Å². The van der Waals surface area contributed by atoms with Crippen LogP contribution in [0.5, 0.6) is 0 Å². The van der Waals surface area contributed by atoms with E-state index in [0.29, 0.717) is 5.69 Å². The number of hydrogen-bond donors (Lipinski definition) is 1. The van der Waals surface area contributed by atoms with Crippen LogP contribution in [-0.4, -0.2) is 35.1 Å². The van der Waals surface area contributed by atoms with Crippen molar-refractivity contribution in [2.24, 2.45) is 0 Å². The molecule has 0 aromatic heterocycles. The number of carbonyl (C=O) groups excluding carboxylic acids is 2. The van der Waals surface area contributed by atoms with Crippen molar-refractivity contribution in [3.05, 3.63) is 59.7 Å². The van der Waals surface area contributed by atoms with Gasteiger partial charge in [0.1, 0.15) is 5.60 Å². The third-order valence-corrected chi connectivity index (χ3v) is 4.47. The van der Waals surface area contributed by atoms with Gasteiger partial charge < -0.3 is 15.0 Å². The van der Waals surface area contributed by atoms with Crippen molar-refractivity contribution in [2.75, 3.05) is 12.4 Å². The van der Waals surface area contributed by atoms with E-state index >= 15 is 0 Å². The van der Waals surface area contributed by atoms with Crippen LogP contribution in [0.2, 0.25) is 0 Å². The molecular weight excluding hydrogens is 417 g/mol. The molecule has 0 aliphatic carbocycles. The van der Waals surface area contributed by atoms with E-state index in [1.807, 2.05) is 0 Å². The lowest BCUT2D eigenvalue weighted by Gasteiger charge is -2.24. The Morgan fingerprint density at radius 3 is 2.37 bits per heavy atom. The summed E-state index contributed by atoms with van der Waals surface area (Å²) in [6.45, 7) is 5.54. The molecule has 2 aromatic rings. The Balaban J connectivity index is 2.11. The lowest BCUT2D eigenvalue weighted by molar-refractivity contribution is -0.0328. The SMILES string of the molecule is CN(Cc1cccc(NC(=O)c2ccccc2SC(F)(F)F)c1)C(=O)OC(C)(C)C. The molecule has 0 heterocycles. The Morgan fingerprint density at radius 2 is 1.73 bits per heavy atom. The molecule has 0 saturated carbocycles. The van der Waals surface area contributed by atoms with Crippen molar-refractivity contribution in [3.8, 4) is 0 Å². The molecule has 0 aliphatic rings. The minimum atomic E-state index is -4.50. The van der Waals surface area contributed by atoms with Crippen LogP contribution in [0.25, 0.3) is 0 Å². The summed E-state index contributed by atoms with van der Waals surface area (Å²) >= 11 is -0.333. The molecule has 2 amide bonds. The topological polar surface area (TPSA) is 58.6 Å². The molecular formula is C21H23F3N2O3S. The fourth-order valence-electron chi connectivity index (χ4n) is 2.49. The van der Waals surface area contributed by atoms with E-state index in [9.17, 15) is 22.8 Å². The predicted molar refractivity (Wildman–Crippen MR) is 110 cm³/mol. The summed E-state index contributed by atoms with van der Waals surface area (Å²) in [5, 5.41) is 2.61.